The standard InChI is InChI=1S/C24H28N6O2/c1-31-22-10-7-9-20(16-22)29-26-18-21-17-23(30-13-5-2-6-14-30)28-24(27-21)32-15-11-19-8-3-4-12-25-19/h3-4,7-10,12,16-18,29H,2,5-6,11,13-15H2,1H3/b26-18+. The molecule has 0 radical (unpaired) electrons. The molecule has 0 saturated carbocycles. The smallest absolute Gasteiger partial charge is 0.318 e. The minimum absolute atomic E-state index is 0.354. The molecule has 1 saturated heterocycles. The van der Waals surface area contributed by atoms with Crippen molar-refractivity contribution in [1.29, 1.82) is 0 Å². The summed E-state index contributed by atoms with van der Waals surface area (Å²) in [5.41, 5.74) is 5.51. The van der Waals surface area contributed by atoms with Gasteiger partial charge in [-0.3, -0.25) is 10.4 Å². The van der Waals surface area contributed by atoms with E-state index in [9.17, 15) is 0 Å². The van der Waals surface area contributed by atoms with Crippen LogP contribution in [0.25, 0.3) is 0 Å². The molecule has 0 atom stereocenters. The zero-order chi connectivity index (χ0) is 22.0. The van der Waals surface area contributed by atoms with Crippen LogP contribution in [0.4, 0.5) is 11.5 Å². The van der Waals surface area contributed by atoms with Gasteiger partial charge in [-0.1, -0.05) is 12.1 Å². The second-order valence-electron chi connectivity index (χ2n) is 7.50. The van der Waals surface area contributed by atoms with Crippen LogP contribution in [0.2, 0.25) is 0 Å². The summed E-state index contributed by atoms with van der Waals surface area (Å²) in [6, 6.07) is 15.8. The van der Waals surface area contributed by atoms with Crippen LogP contribution < -0.4 is 19.8 Å². The van der Waals surface area contributed by atoms with Crippen molar-refractivity contribution < 1.29 is 9.47 Å². The number of pyridine rings is 1. The van der Waals surface area contributed by atoms with E-state index in [4.69, 9.17) is 9.47 Å². The van der Waals surface area contributed by atoms with E-state index in [1.165, 1.54) is 19.3 Å². The van der Waals surface area contributed by atoms with E-state index in [1.807, 2.05) is 48.5 Å². The predicted octanol–water partition coefficient (Wildman–Crippen LogP) is 3.94. The van der Waals surface area contributed by atoms with Gasteiger partial charge >= 0.3 is 6.01 Å². The molecule has 8 heteroatoms. The summed E-state index contributed by atoms with van der Waals surface area (Å²) in [5, 5.41) is 4.34. The zero-order valence-corrected chi connectivity index (χ0v) is 18.3. The van der Waals surface area contributed by atoms with Gasteiger partial charge in [0, 0.05) is 43.5 Å². The second-order valence-corrected chi connectivity index (χ2v) is 7.50. The van der Waals surface area contributed by atoms with Crippen molar-refractivity contribution in [1.82, 2.24) is 15.0 Å². The Morgan fingerprint density at radius 1 is 1.06 bits per heavy atom. The minimum Gasteiger partial charge on any atom is -0.497 e. The average Bonchev–Trinajstić information content (AvgIpc) is 2.85. The average molecular weight is 433 g/mol. The fraction of sp³-hybridized carbons (Fsp3) is 0.333. The Balaban J connectivity index is 1.47. The molecule has 1 aliphatic heterocycles. The minimum atomic E-state index is 0.354. The van der Waals surface area contributed by atoms with Gasteiger partial charge < -0.3 is 14.4 Å². The highest BCUT2D eigenvalue weighted by atomic mass is 16.5. The third kappa shape index (κ3) is 6.16. The quantitative estimate of drug-likeness (QED) is 0.405. The van der Waals surface area contributed by atoms with Crippen LogP contribution in [0.15, 0.2) is 59.8 Å². The van der Waals surface area contributed by atoms with Gasteiger partial charge in [-0.15, -0.1) is 0 Å². The Hall–Kier alpha value is -3.68. The van der Waals surface area contributed by atoms with E-state index in [2.05, 4.69) is 30.4 Å². The molecule has 3 aromatic rings. The number of nitrogens with one attached hydrogen (secondary N) is 1. The summed E-state index contributed by atoms with van der Waals surface area (Å²) < 4.78 is 11.1. The van der Waals surface area contributed by atoms with E-state index < -0.39 is 0 Å². The molecular weight excluding hydrogens is 404 g/mol. The molecule has 3 heterocycles. The lowest BCUT2D eigenvalue weighted by atomic mass is 10.1. The molecule has 0 unspecified atom stereocenters. The van der Waals surface area contributed by atoms with Crippen LogP contribution in [0.1, 0.15) is 30.7 Å². The first kappa shape index (κ1) is 21.5. The van der Waals surface area contributed by atoms with Crippen LogP contribution in [0, 0.1) is 0 Å². The third-order valence-electron chi connectivity index (χ3n) is 5.17. The lowest BCUT2D eigenvalue weighted by Crippen LogP contribution is -2.30. The van der Waals surface area contributed by atoms with Crippen LogP contribution in [-0.2, 0) is 6.42 Å². The molecule has 2 aromatic heterocycles. The summed E-state index contributed by atoms with van der Waals surface area (Å²) in [6.07, 6.45) is 7.75. The largest absolute Gasteiger partial charge is 0.497 e. The molecular formula is C24H28N6O2. The lowest BCUT2D eigenvalue weighted by molar-refractivity contribution is 0.295. The number of anilines is 2. The number of rotatable bonds is 9. The van der Waals surface area contributed by atoms with Crippen molar-refractivity contribution in [2.24, 2.45) is 5.10 Å². The van der Waals surface area contributed by atoms with Crippen molar-refractivity contribution >= 4 is 17.7 Å². The highest BCUT2D eigenvalue weighted by molar-refractivity contribution is 5.79. The summed E-state index contributed by atoms with van der Waals surface area (Å²) >= 11 is 0. The van der Waals surface area contributed by atoms with Gasteiger partial charge in [0.25, 0.3) is 0 Å². The molecule has 1 aliphatic rings. The third-order valence-corrected chi connectivity index (χ3v) is 5.17. The first-order chi connectivity index (χ1) is 15.8. The Morgan fingerprint density at radius 2 is 1.97 bits per heavy atom. The molecule has 1 aromatic carbocycles. The van der Waals surface area contributed by atoms with Gasteiger partial charge in [-0.2, -0.15) is 15.1 Å². The van der Waals surface area contributed by atoms with Crippen molar-refractivity contribution in [3.63, 3.8) is 0 Å². The maximum absolute atomic E-state index is 5.89. The number of nitrogens with zero attached hydrogens (tertiary/aromatic N) is 5. The van der Waals surface area contributed by atoms with Gasteiger partial charge in [0.1, 0.15) is 11.6 Å². The first-order valence-electron chi connectivity index (χ1n) is 10.9. The van der Waals surface area contributed by atoms with Crippen molar-refractivity contribution in [2.75, 3.05) is 37.1 Å². The Kier molecular flexibility index (Phi) is 7.46. The Bertz CT molecular complexity index is 1020. The predicted molar refractivity (Wildman–Crippen MR) is 126 cm³/mol. The fourth-order valence-corrected chi connectivity index (χ4v) is 3.50. The monoisotopic (exact) mass is 432 g/mol. The number of aromatic nitrogens is 3. The number of benzene rings is 1. The van der Waals surface area contributed by atoms with E-state index in [-0.39, 0.29) is 0 Å². The van der Waals surface area contributed by atoms with Crippen molar-refractivity contribution in [2.45, 2.75) is 25.7 Å². The van der Waals surface area contributed by atoms with Gasteiger partial charge in [-0.05, 0) is 43.5 Å². The van der Waals surface area contributed by atoms with Gasteiger partial charge in [0.15, 0.2) is 0 Å². The number of hydrogen-bond acceptors (Lipinski definition) is 8. The molecule has 4 rings (SSSR count). The maximum atomic E-state index is 5.89. The molecule has 32 heavy (non-hydrogen) atoms. The van der Waals surface area contributed by atoms with Crippen LogP contribution in [0.5, 0.6) is 11.8 Å². The fourth-order valence-electron chi connectivity index (χ4n) is 3.50. The van der Waals surface area contributed by atoms with Gasteiger partial charge in [0.05, 0.1) is 31.3 Å². The van der Waals surface area contributed by atoms with Crippen molar-refractivity contribution in [3.8, 4) is 11.8 Å². The Morgan fingerprint density at radius 3 is 2.78 bits per heavy atom. The molecule has 8 nitrogen and oxygen atoms in total. The highest BCUT2D eigenvalue weighted by Gasteiger charge is 2.15. The number of hydrazone groups is 1. The highest BCUT2D eigenvalue weighted by Crippen LogP contribution is 2.21. The maximum Gasteiger partial charge on any atom is 0.318 e. The van der Waals surface area contributed by atoms with E-state index in [0.29, 0.717) is 24.7 Å². The number of methoxy groups -OCH3 is 1. The molecule has 0 amide bonds. The molecule has 0 aliphatic carbocycles. The SMILES string of the molecule is COc1cccc(N/N=C/c2cc(N3CCCCC3)nc(OCCc3ccccn3)n2)c1. The zero-order valence-electron chi connectivity index (χ0n) is 18.3. The van der Waals surface area contributed by atoms with E-state index >= 15 is 0 Å². The summed E-state index contributed by atoms with van der Waals surface area (Å²) in [7, 11) is 1.64. The second kappa shape index (κ2) is 11.1. The Labute approximate surface area is 188 Å². The molecule has 0 spiro atoms. The summed E-state index contributed by atoms with van der Waals surface area (Å²) in [6.45, 7) is 2.44. The van der Waals surface area contributed by atoms with Crippen LogP contribution in [0.3, 0.4) is 0 Å². The van der Waals surface area contributed by atoms with Crippen molar-refractivity contribution in [3.05, 3.63) is 66.1 Å². The van der Waals surface area contributed by atoms with E-state index in [0.717, 1.165) is 36.0 Å². The molecule has 1 N–H and O–H groups in total. The summed E-state index contributed by atoms with van der Waals surface area (Å²) in [5.74, 6) is 1.64. The lowest BCUT2D eigenvalue weighted by Gasteiger charge is -2.27. The molecule has 166 valence electrons. The van der Waals surface area contributed by atoms with Crippen LogP contribution in [-0.4, -0.2) is 48.0 Å². The molecule has 1 fully saturated rings. The van der Waals surface area contributed by atoms with E-state index in [1.54, 1.807) is 19.5 Å². The first-order valence-corrected chi connectivity index (χ1v) is 10.9. The normalized spacial score (nSPS) is 13.8. The van der Waals surface area contributed by atoms with Gasteiger partial charge in [0.2, 0.25) is 0 Å². The topological polar surface area (TPSA) is 84.8 Å². The van der Waals surface area contributed by atoms with Crippen LogP contribution >= 0.6 is 0 Å². The number of hydrogen-bond donors (Lipinski definition) is 1. The summed E-state index contributed by atoms with van der Waals surface area (Å²) in [4.78, 5) is 15.8. The number of piperidine rings is 1. The molecule has 0 bridgehead atoms. The number of ether oxygens (including phenoxy) is 2. The van der Waals surface area contributed by atoms with Gasteiger partial charge in [-0.25, -0.2) is 0 Å².